The minimum atomic E-state index is -0.774. The molecule has 0 aliphatic carbocycles. The third kappa shape index (κ3) is 33.1. The van der Waals surface area contributed by atoms with E-state index in [0.29, 0.717) is 12.8 Å². The summed E-state index contributed by atoms with van der Waals surface area (Å²) in [4.78, 5) is 24.2. The van der Waals surface area contributed by atoms with Gasteiger partial charge in [0.05, 0.1) is 6.61 Å². The van der Waals surface area contributed by atoms with Gasteiger partial charge in [0.2, 0.25) is 0 Å². The number of rotatable bonds is 33. The van der Waals surface area contributed by atoms with Crippen molar-refractivity contribution in [1.82, 2.24) is 0 Å². The van der Waals surface area contributed by atoms with Crippen LogP contribution in [0.2, 0.25) is 0 Å². The number of esters is 2. The maximum absolute atomic E-state index is 12.1. The van der Waals surface area contributed by atoms with Crippen molar-refractivity contribution in [2.75, 3.05) is 13.2 Å². The van der Waals surface area contributed by atoms with Crippen LogP contribution in [0.3, 0.4) is 0 Å². The van der Waals surface area contributed by atoms with Crippen molar-refractivity contribution in [3.63, 3.8) is 0 Å². The molecule has 43 heavy (non-hydrogen) atoms. The molecule has 0 aromatic rings. The van der Waals surface area contributed by atoms with Crippen LogP contribution in [0.1, 0.15) is 187 Å². The van der Waals surface area contributed by atoms with Gasteiger partial charge in [0.1, 0.15) is 6.61 Å². The highest BCUT2D eigenvalue weighted by Gasteiger charge is 2.16. The van der Waals surface area contributed by atoms with Gasteiger partial charge in [0.15, 0.2) is 6.10 Å². The Morgan fingerprint density at radius 3 is 1.26 bits per heavy atom. The van der Waals surface area contributed by atoms with Gasteiger partial charge in [-0.2, -0.15) is 0 Å². The molecule has 0 rings (SSSR count). The maximum Gasteiger partial charge on any atom is 0.306 e. The van der Waals surface area contributed by atoms with E-state index in [1.54, 1.807) is 0 Å². The summed E-state index contributed by atoms with van der Waals surface area (Å²) in [6, 6.07) is 0. The Kier molecular flexibility index (Phi) is 33.6. The molecule has 5 heteroatoms. The Morgan fingerprint density at radius 1 is 0.512 bits per heavy atom. The number of aliphatic hydroxyl groups is 1. The number of aliphatic hydroxyl groups excluding tert-OH is 1. The number of unbranched alkanes of at least 4 members (excludes halogenated alkanes) is 21. The summed E-state index contributed by atoms with van der Waals surface area (Å²) in [7, 11) is 0. The molecule has 0 aliphatic heterocycles. The molecule has 0 radical (unpaired) electrons. The van der Waals surface area contributed by atoms with Crippen LogP contribution in [0.15, 0.2) is 24.3 Å². The number of hydrogen-bond acceptors (Lipinski definition) is 5. The molecular weight excluding hydrogens is 536 g/mol. The third-order valence-corrected chi connectivity index (χ3v) is 7.97. The summed E-state index contributed by atoms with van der Waals surface area (Å²) in [6.07, 6.45) is 39.4. The Balaban J connectivity index is 3.58. The molecule has 0 bridgehead atoms. The van der Waals surface area contributed by atoms with E-state index in [2.05, 4.69) is 38.2 Å². The third-order valence-electron chi connectivity index (χ3n) is 7.97. The van der Waals surface area contributed by atoms with Crippen LogP contribution in [-0.2, 0) is 19.1 Å². The van der Waals surface area contributed by atoms with E-state index in [1.165, 1.54) is 109 Å². The lowest BCUT2D eigenvalue weighted by Gasteiger charge is -2.15. The predicted molar refractivity (Wildman–Crippen MR) is 182 cm³/mol. The fraction of sp³-hybridized carbons (Fsp3) is 0.842. The SMILES string of the molecule is CCCCCCC/C=C/CCCCCCCC(=O)OC[C@@H](CO)OC(=O)CCCCCCC/C=C/CCCCCCCC. The van der Waals surface area contributed by atoms with Crippen LogP contribution < -0.4 is 0 Å². The average Bonchev–Trinajstić information content (AvgIpc) is 3.01. The monoisotopic (exact) mass is 607 g/mol. The molecule has 1 N–H and O–H groups in total. The van der Waals surface area contributed by atoms with E-state index in [1.807, 2.05) is 0 Å². The van der Waals surface area contributed by atoms with E-state index in [4.69, 9.17) is 9.47 Å². The Labute approximate surface area is 266 Å². The lowest BCUT2D eigenvalue weighted by atomic mass is 10.1. The Morgan fingerprint density at radius 2 is 0.860 bits per heavy atom. The van der Waals surface area contributed by atoms with Gasteiger partial charge in [0.25, 0.3) is 0 Å². The van der Waals surface area contributed by atoms with Gasteiger partial charge in [-0.1, -0.05) is 134 Å². The number of allylic oxidation sites excluding steroid dienone is 4. The second-order valence-electron chi connectivity index (χ2n) is 12.3. The number of ether oxygens (including phenoxy) is 2. The molecule has 0 saturated heterocycles. The first-order chi connectivity index (χ1) is 21.1. The van der Waals surface area contributed by atoms with E-state index >= 15 is 0 Å². The lowest BCUT2D eigenvalue weighted by molar-refractivity contribution is -0.161. The van der Waals surface area contributed by atoms with E-state index in [0.717, 1.165) is 51.4 Å². The van der Waals surface area contributed by atoms with Gasteiger partial charge >= 0.3 is 11.9 Å². The molecule has 0 fully saturated rings. The molecule has 1 atom stereocenters. The van der Waals surface area contributed by atoms with E-state index in [9.17, 15) is 14.7 Å². The molecule has 5 nitrogen and oxygen atoms in total. The van der Waals surface area contributed by atoms with Crippen molar-refractivity contribution in [3.05, 3.63) is 24.3 Å². The highest BCUT2D eigenvalue weighted by molar-refractivity contribution is 5.70. The zero-order valence-corrected chi connectivity index (χ0v) is 28.5. The Hall–Kier alpha value is -1.62. The van der Waals surface area contributed by atoms with Crippen molar-refractivity contribution in [3.8, 4) is 0 Å². The molecule has 0 spiro atoms. The minimum Gasteiger partial charge on any atom is -0.462 e. The van der Waals surface area contributed by atoms with E-state index in [-0.39, 0.29) is 25.2 Å². The van der Waals surface area contributed by atoms with Gasteiger partial charge in [-0.25, -0.2) is 0 Å². The zero-order valence-electron chi connectivity index (χ0n) is 28.5. The normalized spacial score (nSPS) is 12.3. The lowest BCUT2D eigenvalue weighted by Crippen LogP contribution is -2.28. The highest BCUT2D eigenvalue weighted by Crippen LogP contribution is 2.12. The molecule has 0 aliphatic rings. The standard InChI is InChI=1S/C38H70O5/c1-3-5-7-9-11-13-15-17-19-21-23-25-27-29-31-33-38(41)43-36(34-39)35-42-37(40)32-30-28-26-24-22-20-18-16-14-12-10-8-6-4-2/h16-19,36,39H,3-15,20-35H2,1-2H3/b18-16+,19-17+/t36-/m1/s1. The van der Waals surface area contributed by atoms with Gasteiger partial charge in [-0.05, 0) is 64.2 Å². The molecule has 0 heterocycles. The number of carbonyl (C=O) groups excluding carboxylic acids is 2. The predicted octanol–water partition coefficient (Wildman–Crippen LogP) is 11.1. The van der Waals surface area contributed by atoms with Crippen LogP contribution >= 0.6 is 0 Å². The van der Waals surface area contributed by atoms with Gasteiger partial charge in [0, 0.05) is 12.8 Å². The number of hydrogen-bond donors (Lipinski definition) is 1. The van der Waals surface area contributed by atoms with Crippen molar-refractivity contribution < 1.29 is 24.2 Å². The summed E-state index contributed by atoms with van der Waals surface area (Å²) in [5.41, 5.74) is 0. The first-order valence-corrected chi connectivity index (χ1v) is 18.4. The van der Waals surface area contributed by atoms with Gasteiger partial charge < -0.3 is 14.6 Å². The van der Waals surface area contributed by atoms with Crippen molar-refractivity contribution >= 4 is 11.9 Å². The van der Waals surface area contributed by atoms with Crippen LogP contribution in [0.5, 0.6) is 0 Å². The molecule has 252 valence electrons. The van der Waals surface area contributed by atoms with Crippen LogP contribution in [-0.4, -0.2) is 36.4 Å². The second-order valence-corrected chi connectivity index (χ2v) is 12.3. The second kappa shape index (κ2) is 34.9. The summed E-state index contributed by atoms with van der Waals surface area (Å²) in [6.45, 7) is 4.10. The van der Waals surface area contributed by atoms with Crippen LogP contribution in [0.4, 0.5) is 0 Å². The minimum absolute atomic E-state index is 0.0710. The number of carbonyl (C=O) groups is 2. The van der Waals surface area contributed by atoms with Gasteiger partial charge in [-0.15, -0.1) is 0 Å². The summed E-state index contributed by atoms with van der Waals surface area (Å²) < 4.78 is 10.6. The smallest absolute Gasteiger partial charge is 0.306 e. The Bertz CT molecular complexity index is 657. The molecule has 0 unspecified atom stereocenters. The summed E-state index contributed by atoms with van der Waals surface area (Å²) in [5.74, 6) is -0.608. The van der Waals surface area contributed by atoms with Crippen molar-refractivity contribution in [1.29, 1.82) is 0 Å². The first-order valence-electron chi connectivity index (χ1n) is 18.4. The van der Waals surface area contributed by atoms with Crippen molar-refractivity contribution in [2.24, 2.45) is 0 Å². The fourth-order valence-electron chi connectivity index (χ4n) is 5.13. The topological polar surface area (TPSA) is 72.8 Å². The maximum atomic E-state index is 12.1. The summed E-state index contributed by atoms with van der Waals surface area (Å²) >= 11 is 0. The zero-order chi connectivity index (χ0) is 31.5. The van der Waals surface area contributed by atoms with Gasteiger partial charge in [-0.3, -0.25) is 9.59 Å². The molecule has 0 aromatic carbocycles. The highest BCUT2D eigenvalue weighted by atomic mass is 16.6. The molecular formula is C38H70O5. The molecule has 0 saturated carbocycles. The van der Waals surface area contributed by atoms with Crippen LogP contribution in [0.25, 0.3) is 0 Å². The summed E-state index contributed by atoms with van der Waals surface area (Å²) in [5, 5.41) is 9.52. The quantitative estimate of drug-likeness (QED) is 0.0457. The molecule has 0 aromatic heterocycles. The first kappa shape index (κ1) is 41.4. The van der Waals surface area contributed by atoms with Crippen LogP contribution in [0, 0.1) is 0 Å². The largest absolute Gasteiger partial charge is 0.462 e. The van der Waals surface area contributed by atoms with E-state index < -0.39 is 6.10 Å². The fourth-order valence-corrected chi connectivity index (χ4v) is 5.13. The average molecular weight is 607 g/mol. The van der Waals surface area contributed by atoms with Crippen molar-refractivity contribution in [2.45, 2.75) is 193 Å². The molecule has 0 amide bonds.